The molecule has 4 nitrogen and oxygen atoms in total. The van der Waals surface area contributed by atoms with Crippen molar-refractivity contribution in [2.24, 2.45) is 5.92 Å². The van der Waals surface area contributed by atoms with E-state index in [1.165, 1.54) is 6.42 Å². The van der Waals surface area contributed by atoms with Gasteiger partial charge in [0.1, 0.15) is 0 Å². The van der Waals surface area contributed by atoms with Gasteiger partial charge in [0.05, 0.1) is 5.69 Å². The quantitative estimate of drug-likeness (QED) is 0.858. The standard InChI is InChI=1S/C15H28N4/c1-7-12(2)11-19(6)14-9-8-13(17-18-14)10-16-15(3,4)5/h8-9,12,16H,7,10-11H2,1-6H3. The minimum Gasteiger partial charge on any atom is -0.358 e. The second-order valence-electron chi connectivity index (χ2n) is 6.38. The molecular formula is C15H28N4. The predicted octanol–water partition coefficient (Wildman–Crippen LogP) is 2.85. The lowest BCUT2D eigenvalue weighted by atomic mass is 10.1. The number of anilines is 1. The first-order valence-corrected chi connectivity index (χ1v) is 7.10. The van der Waals surface area contributed by atoms with Crippen LogP contribution in [0.15, 0.2) is 12.1 Å². The van der Waals surface area contributed by atoms with Crippen LogP contribution >= 0.6 is 0 Å². The van der Waals surface area contributed by atoms with E-state index in [4.69, 9.17) is 0 Å². The third-order valence-electron chi connectivity index (χ3n) is 3.18. The zero-order chi connectivity index (χ0) is 14.5. The molecule has 1 N–H and O–H groups in total. The van der Waals surface area contributed by atoms with Gasteiger partial charge in [-0.05, 0) is 38.8 Å². The third kappa shape index (κ3) is 6.01. The number of hydrogen-bond acceptors (Lipinski definition) is 4. The van der Waals surface area contributed by atoms with E-state index < -0.39 is 0 Å². The Hall–Kier alpha value is -1.16. The van der Waals surface area contributed by atoms with Crippen molar-refractivity contribution in [3.63, 3.8) is 0 Å². The Kier molecular flexibility index (Phi) is 5.73. The second-order valence-corrected chi connectivity index (χ2v) is 6.38. The Labute approximate surface area is 117 Å². The van der Waals surface area contributed by atoms with Crippen LogP contribution in [0.3, 0.4) is 0 Å². The molecule has 108 valence electrons. The van der Waals surface area contributed by atoms with Gasteiger partial charge < -0.3 is 10.2 Å². The molecule has 4 heteroatoms. The van der Waals surface area contributed by atoms with Crippen molar-refractivity contribution in [2.75, 3.05) is 18.5 Å². The maximum absolute atomic E-state index is 4.30. The van der Waals surface area contributed by atoms with Crippen molar-refractivity contribution in [3.05, 3.63) is 17.8 Å². The normalized spacial score (nSPS) is 13.4. The lowest BCUT2D eigenvalue weighted by Gasteiger charge is -2.22. The summed E-state index contributed by atoms with van der Waals surface area (Å²) in [6, 6.07) is 4.10. The summed E-state index contributed by atoms with van der Waals surface area (Å²) in [6.07, 6.45) is 1.19. The SMILES string of the molecule is CCC(C)CN(C)c1ccc(CNC(C)(C)C)nn1. The Morgan fingerprint density at radius 3 is 2.42 bits per heavy atom. The van der Waals surface area contributed by atoms with Gasteiger partial charge in [0.15, 0.2) is 5.82 Å². The van der Waals surface area contributed by atoms with E-state index in [1.807, 2.05) is 6.07 Å². The molecule has 1 unspecified atom stereocenters. The fourth-order valence-corrected chi connectivity index (χ4v) is 1.70. The van der Waals surface area contributed by atoms with Gasteiger partial charge in [-0.1, -0.05) is 20.3 Å². The van der Waals surface area contributed by atoms with Crippen LogP contribution in [0.5, 0.6) is 0 Å². The molecule has 0 fully saturated rings. The van der Waals surface area contributed by atoms with E-state index >= 15 is 0 Å². The van der Waals surface area contributed by atoms with Gasteiger partial charge in [-0.15, -0.1) is 5.10 Å². The van der Waals surface area contributed by atoms with Gasteiger partial charge >= 0.3 is 0 Å². The van der Waals surface area contributed by atoms with Gasteiger partial charge in [0.2, 0.25) is 0 Å². The summed E-state index contributed by atoms with van der Waals surface area (Å²) in [5, 5.41) is 12.0. The van der Waals surface area contributed by atoms with Crippen molar-refractivity contribution < 1.29 is 0 Å². The monoisotopic (exact) mass is 264 g/mol. The second kappa shape index (κ2) is 6.85. The van der Waals surface area contributed by atoms with Crippen molar-refractivity contribution in [3.8, 4) is 0 Å². The van der Waals surface area contributed by atoms with Crippen LogP contribution in [-0.2, 0) is 6.54 Å². The van der Waals surface area contributed by atoms with Gasteiger partial charge in [0.25, 0.3) is 0 Å². The fourth-order valence-electron chi connectivity index (χ4n) is 1.70. The van der Waals surface area contributed by atoms with E-state index in [9.17, 15) is 0 Å². The Balaban J connectivity index is 2.56. The zero-order valence-electron chi connectivity index (χ0n) is 13.2. The molecule has 1 heterocycles. The van der Waals surface area contributed by atoms with Crippen LogP contribution < -0.4 is 10.2 Å². The first-order chi connectivity index (χ1) is 8.81. The zero-order valence-corrected chi connectivity index (χ0v) is 13.2. The number of nitrogens with one attached hydrogen (secondary N) is 1. The van der Waals surface area contributed by atoms with Gasteiger partial charge in [0, 0.05) is 25.7 Å². The first-order valence-electron chi connectivity index (χ1n) is 7.10. The van der Waals surface area contributed by atoms with Crippen LogP contribution in [0.2, 0.25) is 0 Å². The summed E-state index contributed by atoms with van der Waals surface area (Å²) in [4.78, 5) is 2.17. The summed E-state index contributed by atoms with van der Waals surface area (Å²) < 4.78 is 0. The number of rotatable bonds is 6. The smallest absolute Gasteiger partial charge is 0.150 e. The summed E-state index contributed by atoms with van der Waals surface area (Å²) in [5.74, 6) is 1.62. The van der Waals surface area contributed by atoms with Crippen molar-refractivity contribution in [1.29, 1.82) is 0 Å². The van der Waals surface area contributed by atoms with E-state index in [-0.39, 0.29) is 5.54 Å². The molecule has 1 atom stereocenters. The Morgan fingerprint density at radius 2 is 1.95 bits per heavy atom. The van der Waals surface area contributed by atoms with Crippen molar-refractivity contribution >= 4 is 5.82 Å². The molecule has 0 saturated carbocycles. The van der Waals surface area contributed by atoms with Crippen LogP contribution in [0.25, 0.3) is 0 Å². The summed E-state index contributed by atoms with van der Waals surface area (Å²) in [5.41, 5.74) is 1.09. The number of aromatic nitrogens is 2. The van der Waals surface area contributed by atoms with Gasteiger partial charge in [-0.2, -0.15) is 5.10 Å². The minimum absolute atomic E-state index is 0.105. The largest absolute Gasteiger partial charge is 0.358 e. The molecule has 0 saturated heterocycles. The topological polar surface area (TPSA) is 41.0 Å². The molecule has 0 spiro atoms. The molecule has 19 heavy (non-hydrogen) atoms. The number of nitrogens with zero attached hydrogens (tertiary/aromatic N) is 3. The van der Waals surface area contributed by atoms with Crippen molar-refractivity contribution in [2.45, 2.75) is 53.1 Å². The van der Waals surface area contributed by atoms with E-state index in [0.717, 1.165) is 24.6 Å². The van der Waals surface area contributed by atoms with E-state index in [0.29, 0.717) is 5.92 Å². The molecule has 1 aromatic rings. The first kappa shape index (κ1) is 15.9. The van der Waals surface area contributed by atoms with Gasteiger partial charge in [-0.3, -0.25) is 0 Å². The minimum atomic E-state index is 0.105. The van der Waals surface area contributed by atoms with E-state index in [1.54, 1.807) is 0 Å². The average molecular weight is 264 g/mol. The lowest BCUT2D eigenvalue weighted by Crippen LogP contribution is -2.35. The Morgan fingerprint density at radius 1 is 1.26 bits per heavy atom. The summed E-state index contributed by atoms with van der Waals surface area (Å²) in [6.45, 7) is 12.7. The molecule has 0 bridgehead atoms. The lowest BCUT2D eigenvalue weighted by molar-refractivity contribution is 0.420. The maximum atomic E-state index is 4.30. The highest BCUT2D eigenvalue weighted by Gasteiger charge is 2.10. The summed E-state index contributed by atoms with van der Waals surface area (Å²) >= 11 is 0. The summed E-state index contributed by atoms with van der Waals surface area (Å²) in [7, 11) is 2.07. The van der Waals surface area contributed by atoms with Crippen LogP contribution in [-0.4, -0.2) is 29.3 Å². The van der Waals surface area contributed by atoms with E-state index in [2.05, 4.69) is 68.1 Å². The van der Waals surface area contributed by atoms with Crippen LogP contribution in [0.4, 0.5) is 5.82 Å². The average Bonchev–Trinajstić information content (AvgIpc) is 2.36. The molecule has 0 amide bonds. The maximum Gasteiger partial charge on any atom is 0.150 e. The molecule has 1 rings (SSSR count). The fraction of sp³-hybridized carbons (Fsp3) is 0.733. The molecule has 0 aromatic carbocycles. The highest BCUT2D eigenvalue weighted by Crippen LogP contribution is 2.12. The third-order valence-corrected chi connectivity index (χ3v) is 3.18. The highest BCUT2D eigenvalue weighted by molar-refractivity contribution is 5.36. The van der Waals surface area contributed by atoms with Crippen LogP contribution in [0, 0.1) is 5.92 Å². The molecule has 0 aliphatic heterocycles. The van der Waals surface area contributed by atoms with Crippen molar-refractivity contribution in [1.82, 2.24) is 15.5 Å². The molecule has 0 aliphatic rings. The highest BCUT2D eigenvalue weighted by atomic mass is 15.2. The molecule has 0 aliphatic carbocycles. The van der Waals surface area contributed by atoms with Gasteiger partial charge in [-0.25, -0.2) is 0 Å². The molecular weight excluding hydrogens is 236 g/mol. The molecule has 1 aromatic heterocycles. The van der Waals surface area contributed by atoms with Crippen LogP contribution in [0.1, 0.15) is 46.7 Å². The predicted molar refractivity (Wildman–Crippen MR) is 81.3 cm³/mol. The number of hydrogen-bond donors (Lipinski definition) is 1. The molecule has 0 radical (unpaired) electrons. The Bertz CT molecular complexity index is 367.